The fourth-order valence-corrected chi connectivity index (χ4v) is 9.02. The van der Waals surface area contributed by atoms with Gasteiger partial charge in [-0.2, -0.15) is 0 Å². The Bertz CT molecular complexity index is 1360. The van der Waals surface area contributed by atoms with Gasteiger partial charge in [-0.15, -0.1) is 0 Å². The minimum Gasteiger partial charge on any atom is -0.462 e. The number of carbonyl (C=O) groups excluding carboxylic acids is 3. The molecule has 6 nitrogen and oxygen atoms in total. The molecule has 0 N–H and O–H groups in total. The molecule has 0 aromatic carbocycles. The van der Waals surface area contributed by atoms with Crippen LogP contribution in [-0.4, -0.2) is 37.2 Å². The summed E-state index contributed by atoms with van der Waals surface area (Å²) in [7, 11) is 0. The molecule has 0 rings (SSSR count). The van der Waals surface area contributed by atoms with E-state index in [1.807, 2.05) is 6.08 Å². The Morgan fingerprint density at radius 3 is 0.890 bits per heavy atom. The summed E-state index contributed by atoms with van der Waals surface area (Å²) in [5.41, 5.74) is 0. The lowest BCUT2D eigenvalue weighted by Gasteiger charge is -2.18. The molecule has 0 bridgehead atoms. The van der Waals surface area contributed by atoms with E-state index in [0.717, 1.165) is 70.6 Å². The van der Waals surface area contributed by atoms with Gasteiger partial charge in [0.25, 0.3) is 0 Å². The number of ether oxygens (including phenoxy) is 3. The first-order valence-corrected chi connectivity index (χ1v) is 31.4. The fraction of sp³-hybridized carbons (Fsp3) is 0.776. The van der Waals surface area contributed by atoms with E-state index in [9.17, 15) is 14.4 Å². The highest BCUT2D eigenvalue weighted by atomic mass is 16.6. The Kier molecular flexibility index (Phi) is 58.7. The second-order valence-corrected chi connectivity index (χ2v) is 20.9. The summed E-state index contributed by atoms with van der Waals surface area (Å²) < 4.78 is 16.8. The maximum absolute atomic E-state index is 12.8. The van der Waals surface area contributed by atoms with Crippen LogP contribution in [0.15, 0.2) is 72.9 Å². The number of unbranched alkanes of at least 4 members (excludes halogenated alkanes) is 34. The molecular formula is C67H118O6. The highest BCUT2D eigenvalue weighted by molar-refractivity contribution is 5.71. The molecule has 0 heterocycles. The SMILES string of the molecule is CC/C=C\C/C=C\C/C=C\C/C=C\CCC(=O)OC(COC(=O)CCCCCCCCCCCCCCC)COC(=O)CCCCCCCCCCCCCCCCCCC/C=C\C/C=C\CCCCCCC. The molecule has 1 atom stereocenters. The van der Waals surface area contributed by atoms with E-state index in [1.54, 1.807) is 0 Å². The van der Waals surface area contributed by atoms with Gasteiger partial charge in [-0.1, -0.05) is 293 Å². The van der Waals surface area contributed by atoms with Crippen LogP contribution in [0, 0.1) is 0 Å². The van der Waals surface area contributed by atoms with E-state index in [4.69, 9.17) is 14.2 Å². The molecule has 1 unspecified atom stereocenters. The van der Waals surface area contributed by atoms with Crippen LogP contribution >= 0.6 is 0 Å². The molecule has 0 aliphatic heterocycles. The van der Waals surface area contributed by atoms with E-state index in [-0.39, 0.29) is 37.5 Å². The molecule has 0 amide bonds. The zero-order valence-corrected chi connectivity index (χ0v) is 48.4. The van der Waals surface area contributed by atoms with Crippen molar-refractivity contribution in [1.82, 2.24) is 0 Å². The van der Waals surface area contributed by atoms with Crippen LogP contribution in [-0.2, 0) is 28.6 Å². The van der Waals surface area contributed by atoms with Crippen LogP contribution in [0.4, 0.5) is 0 Å². The quantitative estimate of drug-likeness (QED) is 0.0261. The van der Waals surface area contributed by atoms with Gasteiger partial charge in [0, 0.05) is 19.3 Å². The van der Waals surface area contributed by atoms with Crippen LogP contribution in [0.3, 0.4) is 0 Å². The summed E-state index contributed by atoms with van der Waals surface area (Å²) >= 11 is 0. The standard InChI is InChI=1S/C67H118O6/c1-4-7-10-13-16-19-22-25-26-27-28-29-30-31-32-33-34-35-36-37-38-39-40-43-45-48-51-54-57-60-66(69)72-63-64(73-67(70)61-58-55-52-49-46-42-24-21-18-15-12-9-6-3)62-71-65(68)59-56-53-50-47-44-41-23-20-17-14-11-8-5-2/h9,12,18,21-22,25,27-28,42,46,52,55,64H,4-8,10-11,13-17,19-20,23-24,26,29-41,43-45,47-51,53-54,56-63H2,1-3H3/b12-9-,21-18-,25-22-,28-27-,46-42-,55-52-. The lowest BCUT2D eigenvalue weighted by molar-refractivity contribution is -0.166. The highest BCUT2D eigenvalue weighted by Crippen LogP contribution is 2.17. The third-order valence-electron chi connectivity index (χ3n) is 13.7. The van der Waals surface area contributed by atoms with Crippen molar-refractivity contribution in [3.63, 3.8) is 0 Å². The number of hydrogen-bond donors (Lipinski definition) is 0. The molecule has 6 heteroatoms. The van der Waals surface area contributed by atoms with Gasteiger partial charge in [-0.25, -0.2) is 0 Å². The highest BCUT2D eigenvalue weighted by Gasteiger charge is 2.19. The van der Waals surface area contributed by atoms with Crippen molar-refractivity contribution in [2.75, 3.05) is 13.2 Å². The zero-order valence-electron chi connectivity index (χ0n) is 48.4. The van der Waals surface area contributed by atoms with E-state index in [2.05, 4.69) is 87.6 Å². The van der Waals surface area contributed by atoms with Crippen molar-refractivity contribution in [3.8, 4) is 0 Å². The smallest absolute Gasteiger partial charge is 0.306 e. The van der Waals surface area contributed by atoms with E-state index >= 15 is 0 Å². The minimum absolute atomic E-state index is 0.100. The first-order valence-electron chi connectivity index (χ1n) is 31.4. The monoisotopic (exact) mass is 1020 g/mol. The van der Waals surface area contributed by atoms with Crippen LogP contribution in [0.25, 0.3) is 0 Å². The summed E-state index contributed by atoms with van der Waals surface area (Å²) in [4.78, 5) is 38.1. The molecular weight excluding hydrogens is 901 g/mol. The fourth-order valence-electron chi connectivity index (χ4n) is 9.02. The van der Waals surface area contributed by atoms with Crippen molar-refractivity contribution < 1.29 is 28.6 Å². The largest absolute Gasteiger partial charge is 0.462 e. The molecule has 0 fully saturated rings. The second-order valence-electron chi connectivity index (χ2n) is 20.9. The molecule has 0 aromatic rings. The minimum atomic E-state index is -0.810. The van der Waals surface area contributed by atoms with Crippen molar-refractivity contribution >= 4 is 17.9 Å². The normalized spacial score (nSPS) is 12.5. The molecule has 0 aliphatic rings. The summed E-state index contributed by atoms with van der Waals surface area (Å²) in [6.07, 6.45) is 79.4. The third-order valence-corrected chi connectivity index (χ3v) is 13.7. The van der Waals surface area contributed by atoms with Gasteiger partial charge in [-0.05, 0) is 77.0 Å². The van der Waals surface area contributed by atoms with Crippen LogP contribution in [0.1, 0.15) is 316 Å². The Hall–Kier alpha value is -3.15. The van der Waals surface area contributed by atoms with E-state index in [0.29, 0.717) is 19.3 Å². The molecule has 0 spiro atoms. The average Bonchev–Trinajstić information content (AvgIpc) is 3.39. The van der Waals surface area contributed by atoms with E-state index < -0.39 is 6.10 Å². The number of carbonyl (C=O) groups is 3. The molecule has 0 aliphatic carbocycles. The maximum atomic E-state index is 12.8. The summed E-state index contributed by atoms with van der Waals surface area (Å²) in [6, 6.07) is 0. The van der Waals surface area contributed by atoms with Gasteiger partial charge in [0.05, 0.1) is 0 Å². The number of hydrogen-bond acceptors (Lipinski definition) is 6. The number of rotatable bonds is 57. The Morgan fingerprint density at radius 2 is 0.562 bits per heavy atom. The van der Waals surface area contributed by atoms with Crippen LogP contribution < -0.4 is 0 Å². The lowest BCUT2D eigenvalue weighted by atomic mass is 10.0. The van der Waals surface area contributed by atoms with Crippen molar-refractivity contribution in [2.24, 2.45) is 0 Å². The van der Waals surface area contributed by atoms with Gasteiger partial charge in [-0.3, -0.25) is 14.4 Å². The third kappa shape index (κ3) is 59.6. The lowest BCUT2D eigenvalue weighted by Crippen LogP contribution is -2.30. The van der Waals surface area contributed by atoms with Crippen LogP contribution in [0.5, 0.6) is 0 Å². The first kappa shape index (κ1) is 69.8. The molecule has 0 radical (unpaired) electrons. The topological polar surface area (TPSA) is 78.9 Å². The average molecular weight is 1020 g/mol. The van der Waals surface area contributed by atoms with Crippen LogP contribution in [0.2, 0.25) is 0 Å². The van der Waals surface area contributed by atoms with Gasteiger partial charge in [0.2, 0.25) is 0 Å². The Labute approximate surface area is 453 Å². The van der Waals surface area contributed by atoms with Gasteiger partial charge in [0.15, 0.2) is 6.10 Å². The van der Waals surface area contributed by atoms with Crippen molar-refractivity contribution in [3.05, 3.63) is 72.9 Å². The zero-order chi connectivity index (χ0) is 52.9. The maximum Gasteiger partial charge on any atom is 0.306 e. The van der Waals surface area contributed by atoms with Gasteiger partial charge < -0.3 is 14.2 Å². The van der Waals surface area contributed by atoms with Crippen molar-refractivity contribution in [2.45, 2.75) is 322 Å². The molecule has 422 valence electrons. The van der Waals surface area contributed by atoms with E-state index in [1.165, 1.54) is 199 Å². The number of allylic oxidation sites excluding steroid dienone is 12. The molecule has 73 heavy (non-hydrogen) atoms. The summed E-state index contributed by atoms with van der Waals surface area (Å²) in [5, 5.41) is 0. The van der Waals surface area contributed by atoms with Crippen molar-refractivity contribution in [1.29, 1.82) is 0 Å². The van der Waals surface area contributed by atoms with Gasteiger partial charge >= 0.3 is 17.9 Å². The predicted molar refractivity (Wildman–Crippen MR) is 316 cm³/mol. The summed E-state index contributed by atoms with van der Waals surface area (Å²) in [5.74, 6) is -0.970. The number of esters is 3. The second kappa shape index (κ2) is 61.4. The summed E-state index contributed by atoms with van der Waals surface area (Å²) in [6.45, 7) is 6.48. The molecule has 0 saturated carbocycles. The molecule has 0 saturated heterocycles. The molecule has 0 aromatic heterocycles. The Balaban J connectivity index is 4.19. The van der Waals surface area contributed by atoms with Gasteiger partial charge in [0.1, 0.15) is 13.2 Å². The Morgan fingerprint density at radius 1 is 0.288 bits per heavy atom. The predicted octanol–water partition coefficient (Wildman–Crippen LogP) is 21.3. The first-order chi connectivity index (χ1) is 36.0.